The van der Waals surface area contributed by atoms with Gasteiger partial charge >= 0.3 is 0 Å². The number of amides is 3. The minimum atomic E-state index is -0.834. The number of nitrogens with one attached hydrogen (secondary N) is 3. The third-order valence-corrected chi connectivity index (χ3v) is 7.33. The molecule has 39 heavy (non-hydrogen) atoms. The molecule has 1 saturated heterocycles. The second-order valence-corrected chi connectivity index (χ2v) is 10.6. The van der Waals surface area contributed by atoms with Crippen LogP contribution in [0.3, 0.4) is 0 Å². The highest BCUT2D eigenvalue weighted by Crippen LogP contribution is 2.23. The van der Waals surface area contributed by atoms with E-state index in [-0.39, 0.29) is 48.6 Å². The van der Waals surface area contributed by atoms with Gasteiger partial charge in [-0.2, -0.15) is 0 Å². The van der Waals surface area contributed by atoms with E-state index >= 15 is 0 Å². The quantitative estimate of drug-likeness (QED) is 0.301. The Morgan fingerprint density at radius 2 is 1.72 bits per heavy atom. The molecule has 1 fully saturated rings. The van der Waals surface area contributed by atoms with E-state index in [2.05, 4.69) is 16.0 Å². The van der Waals surface area contributed by atoms with E-state index in [1.807, 2.05) is 70.2 Å². The molecule has 2 aromatic rings. The summed E-state index contributed by atoms with van der Waals surface area (Å²) in [5, 5.41) is 21.3. The second-order valence-electron chi connectivity index (χ2n) is 10.6. The molecule has 3 rings (SSSR count). The highest BCUT2D eigenvalue weighted by molar-refractivity contribution is 5.93. The summed E-state index contributed by atoms with van der Waals surface area (Å²) < 4.78 is 0. The normalized spacial score (nSPS) is 16.7. The Morgan fingerprint density at radius 1 is 1.03 bits per heavy atom. The molecule has 0 saturated carbocycles. The highest BCUT2D eigenvalue weighted by Gasteiger charge is 2.37. The molecule has 9 heteroatoms. The summed E-state index contributed by atoms with van der Waals surface area (Å²) in [7, 11) is 0. The van der Waals surface area contributed by atoms with Crippen LogP contribution in [-0.2, 0) is 20.8 Å². The number of likely N-dealkylation sites (tertiary alicyclic amines) is 1. The van der Waals surface area contributed by atoms with Gasteiger partial charge in [0, 0.05) is 38.0 Å². The Labute approximate surface area is 238 Å². The van der Waals surface area contributed by atoms with Crippen LogP contribution < -0.4 is 16.0 Å². The van der Waals surface area contributed by atoms with Gasteiger partial charge in [-0.1, -0.05) is 70.2 Å². The smallest absolute Gasteiger partial charge is 0.243 e. The number of halogens is 1. The first-order chi connectivity index (χ1) is 18.2. The number of hydrogen-bond acceptors (Lipinski definition) is 5. The molecular weight excluding hydrogens is 516 g/mol. The molecule has 0 aliphatic carbocycles. The maximum absolute atomic E-state index is 13.4. The van der Waals surface area contributed by atoms with Crippen LogP contribution >= 0.6 is 12.4 Å². The Morgan fingerprint density at radius 3 is 2.38 bits per heavy atom. The van der Waals surface area contributed by atoms with E-state index in [9.17, 15) is 19.5 Å². The lowest BCUT2D eigenvalue weighted by Crippen LogP contribution is -2.55. The zero-order chi connectivity index (χ0) is 27.7. The van der Waals surface area contributed by atoms with Crippen molar-refractivity contribution in [3.8, 4) is 0 Å². The Balaban J connectivity index is 0.00000533. The minimum Gasteiger partial charge on any atom is -0.390 e. The average molecular weight is 561 g/mol. The molecule has 4 N–H and O–H groups in total. The summed E-state index contributed by atoms with van der Waals surface area (Å²) in [6.07, 6.45) is 2.38. The average Bonchev–Trinajstić information content (AvgIpc) is 3.41. The molecular formula is C30H45ClN4O4. The van der Waals surface area contributed by atoms with Crippen molar-refractivity contribution >= 4 is 40.9 Å². The summed E-state index contributed by atoms with van der Waals surface area (Å²) in [5.41, 5.74) is 0.919. The predicted octanol–water partition coefficient (Wildman–Crippen LogP) is 3.19. The van der Waals surface area contributed by atoms with Crippen LogP contribution in [0.2, 0.25) is 0 Å². The Bertz CT molecular complexity index is 1090. The number of fused-ring (bicyclic) bond motifs is 1. The lowest BCUT2D eigenvalue weighted by atomic mass is 10.00. The third-order valence-electron chi connectivity index (χ3n) is 7.33. The van der Waals surface area contributed by atoms with E-state index in [0.717, 1.165) is 35.6 Å². The van der Waals surface area contributed by atoms with Gasteiger partial charge in [0.15, 0.2) is 0 Å². The van der Waals surface area contributed by atoms with E-state index in [4.69, 9.17) is 0 Å². The van der Waals surface area contributed by atoms with E-state index < -0.39 is 18.2 Å². The number of aliphatic hydroxyl groups is 1. The van der Waals surface area contributed by atoms with E-state index in [1.54, 1.807) is 4.90 Å². The standard InChI is InChI=1S/C30H44N4O4.ClH/c1-5-22(6-2)30(38)34-15-9-12-27(34)29(37)33-26(28(36)32-19-25(35)18-31-20(3)4)17-21-13-14-23-10-7-8-11-24(23)16-21;/h7-8,10-11,13-14,16,20,22,25-27,31,35H,5-6,9,12,15,17-19H2,1-4H3,(H,32,36)(H,33,37);1H/t25?,26-,27?;/m1./s1. The molecule has 0 radical (unpaired) electrons. The van der Waals surface area contributed by atoms with Gasteiger partial charge in [0.25, 0.3) is 0 Å². The highest BCUT2D eigenvalue weighted by atomic mass is 35.5. The molecule has 0 aromatic heterocycles. The van der Waals surface area contributed by atoms with Crippen molar-refractivity contribution in [3.05, 3.63) is 48.0 Å². The minimum absolute atomic E-state index is 0. The Hall–Kier alpha value is -2.68. The second kappa shape index (κ2) is 15.8. The van der Waals surface area contributed by atoms with Crippen LogP contribution in [-0.4, -0.2) is 71.6 Å². The number of nitrogens with zero attached hydrogens (tertiary/aromatic N) is 1. The van der Waals surface area contributed by atoms with Gasteiger partial charge in [-0.3, -0.25) is 14.4 Å². The van der Waals surface area contributed by atoms with Crippen molar-refractivity contribution < 1.29 is 19.5 Å². The summed E-state index contributed by atoms with van der Waals surface area (Å²) in [6, 6.07) is 12.8. The van der Waals surface area contributed by atoms with Gasteiger partial charge in [0.05, 0.1) is 6.10 Å². The number of rotatable bonds is 13. The number of aliphatic hydroxyl groups excluding tert-OH is 1. The lowest BCUT2D eigenvalue weighted by Gasteiger charge is -2.29. The fourth-order valence-corrected chi connectivity index (χ4v) is 5.04. The first-order valence-electron chi connectivity index (χ1n) is 14.0. The number of carbonyl (C=O) groups excluding carboxylic acids is 3. The molecule has 3 atom stereocenters. The molecule has 2 unspecified atom stereocenters. The first kappa shape index (κ1) is 32.5. The van der Waals surface area contributed by atoms with Crippen molar-refractivity contribution in [1.82, 2.24) is 20.9 Å². The number of benzene rings is 2. The topological polar surface area (TPSA) is 111 Å². The van der Waals surface area contributed by atoms with E-state index in [1.165, 1.54) is 0 Å². The maximum atomic E-state index is 13.4. The molecule has 3 amide bonds. The first-order valence-corrected chi connectivity index (χ1v) is 14.0. The van der Waals surface area contributed by atoms with Crippen LogP contribution in [0.25, 0.3) is 10.8 Å². The van der Waals surface area contributed by atoms with Crippen LogP contribution in [0.5, 0.6) is 0 Å². The van der Waals surface area contributed by atoms with Crippen molar-refractivity contribution in [1.29, 1.82) is 0 Å². The summed E-state index contributed by atoms with van der Waals surface area (Å²) in [6.45, 7) is 8.95. The zero-order valence-corrected chi connectivity index (χ0v) is 24.4. The molecule has 216 valence electrons. The maximum Gasteiger partial charge on any atom is 0.243 e. The Kier molecular flexibility index (Phi) is 13.2. The summed E-state index contributed by atoms with van der Waals surface area (Å²) >= 11 is 0. The van der Waals surface area contributed by atoms with Crippen LogP contribution in [0.4, 0.5) is 0 Å². The molecule has 0 spiro atoms. The monoisotopic (exact) mass is 560 g/mol. The van der Waals surface area contributed by atoms with Crippen LogP contribution in [0, 0.1) is 5.92 Å². The SMILES string of the molecule is CCC(CC)C(=O)N1CCCC1C(=O)N[C@H](Cc1ccc2ccccc2c1)C(=O)NCC(O)CNC(C)C.Cl. The lowest BCUT2D eigenvalue weighted by molar-refractivity contribution is -0.142. The van der Waals surface area contributed by atoms with Gasteiger partial charge in [0.1, 0.15) is 12.1 Å². The number of carbonyl (C=O) groups is 3. The molecule has 1 aliphatic heterocycles. The zero-order valence-electron chi connectivity index (χ0n) is 23.6. The fraction of sp³-hybridized carbons (Fsp3) is 0.567. The van der Waals surface area contributed by atoms with Crippen molar-refractivity contribution in [2.24, 2.45) is 5.92 Å². The number of hydrogen-bond donors (Lipinski definition) is 4. The van der Waals surface area contributed by atoms with Gasteiger partial charge in [0.2, 0.25) is 17.7 Å². The van der Waals surface area contributed by atoms with Gasteiger partial charge in [-0.05, 0) is 42.0 Å². The largest absolute Gasteiger partial charge is 0.390 e. The van der Waals surface area contributed by atoms with Crippen LogP contribution in [0.15, 0.2) is 42.5 Å². The molecule has 8 nitrogen and oxygen atoms in total. The van der Waals surface area contributed by atoms with Gasteiger partial charge < -0.3 is 26.0 Å². The summed E-state index contributed by atoms with van der Waals surface area (Å²) in [4.78, 5) is 41.5. The fourth-order valence-electron chi connectivity index (χ4n) is 5.04. The van der Waals surface area contributed by atoms with Gasteiger partial charge in [-0.15, -0.1) is 12.4 Å². The summed E-state index contributed by atoms with van der Waals surface area (Å²) in [5.74, 6) is -0.735. The third kappa shape index (κ3) is 9.19. The molecule has 1 aliphatic rings. The molecule has 0 bridgehead atoms. The van der Waals surface area contributed by atoms with Crippen molar-refractivity contribution in [2.75, 3.05) is 19.6 Å². The molecule has 1 heterocycles. The van der Waals surface area contributed by atoms with Crippen molar-refractivity contribution in [3.63, 3.8) is 0 Å². The molecule has 2 aromatic carbocycles. The van der Waals surface area contributed by atoms with E-state index in [0.29, 0.717) is 25.9 Å². The predicted molar refractivity (Wildman–Crippen MR) is 158 cm³/mol. The van der Waals surface area contributed by atoms with Gasteiger partial charge in [-0.25, -0.2) is 0 Å². The van der Waals surface area contributed by atoms with Crippen LogP contribution in [0.1, 0.15) is 58.9 Å². The van der Waals surface area contributed by atoms with Crippen molar-refractivity contribution in [2.45, 2.75) is 84.0 Å².